The first-order valence-corrected chi connectivity index (χ1v) is 6.43. The van der Waals surface area contributed by atoms with E-state index < -0.39 is 0 Å². The van der Waals surface area contributed by atoms with Crippen molar-refractivity contribution in [3.05, 3.63) is 18.0 Å². The summed E-state index contributed by atoms with van der Waals surface area (Å²) in [7, 11) is 0. The van der Waals surface area contributed by atoms with Gasteiger partial charge in [-0.2, -0.15) is 5.10 Å². The van der Waals surface area contributed by atoms with Gasteiger partial charge in [-0.3, -0.25) is 14.4 Å². The molecule has 0 bridgehead atoms. The van der Waals surface area contributed by atoms with E-state index in [0.717, 1.165) is 38.3 Å². The van der Waals surface area contributed by atoms with E-state index in [9.17, 15) is 4.79 Å². The normalized spacial score (nSPS) is 16.7. The molecule has 0 saturated carbocycles. The summed E-state index contributed by atoms with van der Waals surface area (Å²) in [5.74, 6) is 0.0979. The van der Waals surface area contributed by atoms with Gasteiger partial charge in [0.25, 0.3) is 0 Å². The molecular formula is C12H21N5O. The number of aromatic nitrogens is 2. The number of rotatable bonds is 5. The molecule has 1 aliphatic heterocycles. The van der Waals surface area contributed by atoms with Gasteiger partial charge in [-0.15, -0.1) is 0 Å². The van der Waals surface area contributed by atoms with E-state index in [1.54, 1.807) is 0 Å². The van der Waals surface area contributed by atoms with Crippen LogP contribution in [0.25, 0.3) is 0 Å². The molecule has 0 atom stereocenters. The van der Waals surface area contributed by atoms with Crippen molar-refractivity contribution in [2.45, 2.75) is 13.5 Å². The fourth-order valence-corrected chi connectivity index (χ4v) is 2.03. The molecule has 2 N–H and O–H groups in total. The molecule has 18 heavy (non-hydrogen) atoms. The largest absolute Gasteiger partial charge is 0.353 e. The van der Waals surface area contributed by atoms with Crippen molar-refractivity contribution in [2.75, 3.05) is 39.3 Å². The molecule has 0 aliphatic carbocycles. The van der Waals surface area contributed by atoms with Gasteiger partial charge in [0.05, 0.1) is 19.3 Å². The summed E-state index contributed by atoms with van der Waals surface area (Å²) in [6.45, 7) is 7.71. The second-order valence-electron chi connectivity index (χ2n) is 4.66. The summed E-state index contributed by atoms with van der Waals surface area (Å²) in [5.41, 5.74) is 1.14. The highest BCUT2D eigenvalue weighted by Gasteiger charge is 2.12. The van der Waals surface area contributed by atoms with Crippen LogP contribution in [0, 0.1) is 6.92 Å². The first kappa shape index (κ1) is 13.0. The Kier molecular flexibility index (Phi) is 4.72. The lowest BCUT2D eigenvalue weighted by Crippen LogP contribution is -2.47. The highest BCUT2D eigenvalue weighted by Crippen LogP contribution is 1.93. The first-order chi connectivity index (χ1) is 8.74. The van der Waals surface area contributed by atoms with Gasteiger partial charge in [0.2, 0.25) is 5.91 Å². The highest BCUT2D eigenvalue weighted by atomic mass is 16.2. The average molecular weight is 251 g/mol. The van der Waals surface area contributed by atoms with Gasteiger partial charge in [0.1, 0.15) is 0 Å². The maximum absolute atomic E-state index is 11.7. The predicted octanol–water partition coefficient (Wildman–Crippen LogP) is -0.787. The van der Waals surface area contributed by atoms with Crippen molar-refractivity contribution >= 4 is 5.91 Å². The SMILES string of the molecule is Cc1cnn(CCNC(=O)CN2CCNCC2)c1. The zero-order valence-corrected chi connectivity index (χ0v) is 10.9. The molecule has 0 radical (unpaired) electrons. The molecule has 2 rings (SSSR count). The van der Waals surface area contributed by atoms with Crippen molar-refractivity contribution < 1.29 is 4.79 Å². The van der Waals surface area contributed by atoms with E-state index in [0.29, 0.717) is 13.1 Å². The number of carbonyl (C=O) groups is 1. The Balaban J connectivity index is 1.62. The molecule has 1 fully saturated rings. The number of amides is 1. The fourth-order valence-electron chi connectivity index (χ4n) is 2.03. The van der Waals surface area contributed by atoms with Crippen molar-refractivity contribution in [3.8, 4) is 0 Å². The summed E-state index contributed by atoms with van der Waals surface area (Å²) >= 11 is 0. The van der Waals surface area contributed by atoms with E-state index in [1.807, 2.05) is 24.0 Å². The van der Waals surface area contributed by atoms with Gasteiger partial charge in [-0.1, -0.05) is 0 Å². The molecule has 0 spiro atoms. The van der Waals surface area contributed by atoms with Crippen LogP contribution in [0.2, 0.25) is 0 Å². The van der Waals surface area contributed by atoms with Crippen LogP contribution in [0.5, 0.6) is 0 Å². The van der Waals surface area contributed by atoms with Crippen LogP contribution in [0.1, 0.15) is 5.56 Å². The lowest BCUT2D eigenvalue weighted by molar-refractivity contribution is -0.122. The number of aryl methyl sites for hydroxylation is 1. The summed E-state index contributed by atoms with van der Waals surface area (Å²) < 4.78 is 1.85. The number of nitrogens with zero attached hydrogens (tertiary/aromatic N) is 3. The Labute approximate surface area is 107 Å². The molecule has 0 unspecified atom stereocenters. The highest BCUT2D eigenvalue weighted by molar-refractivity contribution is 5.77. The van der Waals surface area contributed by atoms with Crippen LogP contribution in [0.4, 0.5) is 0 Å². The number of hydrogen-bond donors (Lipinski definition) is 2. The summed E-state index contributed by atoms with van der Waals surface area (Å²) in [6, 6.07) is 0. The van der Waals surface area contributed by atoms with E-state index in [4.69, 9.17) is 0 Å². The Bertz CT molecular complexity index is 384. The minimum atomic E-state index is 0.0979. The quantitative estimate of drug-likeness (QED) is 0.720. The minimum Gasteiger partial charge on any atom is -0.353 e. The molecule has 1 amide bonds. The second kappa shape index (κ2) is 6.51. The van der Waals surface area contributed by atoms with E-state index in [2.05, 4.69) is 20.6 Å². The van der Waals surface area contributed by atoms with E-state index in [-0.39, 0.29) is 5.91 Å². The lowest BCUT2D eigenvalue weighted by Gasteiger charge is -2.26. The van der Waals surface area contributed by atoms with Crippen LogP contribution in [0.15, 0.2) is 12.4 Å². The van der Waals surface area contributed by atoms with Crippen LogP contribution < -0.4 is 10.6 Å². The molecule has 6 nitrogen and oxygen atoms in total. The third-order valence-electron chi connectivity index (χ3n) is 3.00. The zero-order valence-electron chi connectivity index (χ0n) is 10.9. The van der Waals surface area contributed by atoms with E-state index >= 15 is 0 Å². The maximum atomic E-state index is 11.7. The number of nitrogens with one attached hydrogen (secondary N) is 2. The molecule has 1 saturated heterocycles. The van der Waals surface area contributed by atoms with Gasteiger partial charge in [-0.05, 0) is 12.5 Å². The molecular weight excluding hydrogens is 230 g/mol. The standard InChI is InChI=1S/C12H21N5O/c1-11-8-15-17(9-11)7-4-14-12(18)10-16-5-2-13-3-6-16/h8-9,13H,2-7,10H2,1H3,(H,14,18). The van der Waals surface area contributed by atoms with Crippen LogP contribution in [0.3, 0.4) is 0 Å². The molecule has 2 heterocycles. The lowest BCUT2D eigenvalue weighted by atomic mass is 10.3. The summed E-state index contributed by atoms with van der Waals surface area (Å²) in [6.07, 6.45) is 3.80. The van der Waals surface area contributed by atoms with E-state index in [1.165, 1.54) is 0 Å². The predicted molar refractivity (Wildman–Crippen MR) is 69.3 cm³/mol. The average Bonchev–Trinajstić information content (AvgIpc) is 2.76. The smallest absolute Gasteiger partial charge is 0.234 e. The van der Waals surface area contributed by atoms with Gasteiger partial charge in [0.15, 0.2) is 0 Å². The zero-order chi connectivity index (χ0) is 12.8. The summed E-state index contributed by atoms with van der Waals surface area (Å²) in [5, 5.41) is 10.4. The summed E-state index contributed by atoms with van der Waals surface area (Å²) in [4.78, 5) is 13.9. The van der Waals surface area contributed by atoms with Gasteiger partial charge >= 0.3 is 0 Å². The third-order valence-corrected chi connectivity index (χ3v) is 3.00. The van der Waals surface area contributed by atoms with Gasteiger partial charge < -0.3 is 10.6 Å². The minimum absolute atomic E-state index is 0.0979. The van der Waals surface area contributed by atoms with Crippen molar-refractivity contribution in [3.63, 3.8) is 0 Å². The Morgan fingerprint density at radius 1 is 1.50 bits per heavy atom. The molecule has 1 aliphatic rings. The first-order valence-electron chi connectivity index (χ1n) is 6.43. The molecule has 0 aromatic carbocycles. The Morgan fingerprint density at radius 2 is 2.28 bits per heavy atom. The topological polar surface area (TPSA) is 62.2 Å². The van der Waals surface area contributed by atoms with Crippen molar-refractivity contribution in [2.24, 2.45) is 0 Å². The molecule has 6 heteroatoms. The number of hydrogen-bond acceptors (Lipinski definition) is 4. The molecule has 100 valence electrons. The second-order valence-corrected chi connectivity index (χ2v) is 4.66. The Hall–Kier alpha value is -1.40. The number of carbonyl (C=O) groups excluding carboxylic acids is 1. The van der Waals surface area contributed by atoms with Crippen LogP contribution in [-0.2, 0) is 11.3 Å². The van der Waals surface area contributed by atoms with Gasteiger partial charge in [-0.25, -0.2) is 0 Å². The van der Waals surface area contributed by atoms with Crippen LogP contribution >= 0.6 is 0 Å². The maximum Gasteiger partial charge on any atom is 0.234 e. The van der Waals surface area contributed by atoms with Crippen molar-refractivity contribution in [1.82, 2.24) is 25.3 Å². The van der Waals surface area contributed by atoms with Crippen LogP contribution in [-0.4, -0.2) is 59.9 Å². The third kappa shape index (κ3) is 4.12. The van der Waals surface area contributed by atoms with Gasteiger partial charge in [0, 0.05) is 38.9 Å². The van der Waals surface area contributed by atoms with Crippen molar-refractivity contribution in [1.29, 1.82) is 0 Å². The number of piperazine rings is 1. The molecule has 1 aromatic heterocycles. The Morgan fingerprint density at radius 3 is 2.94 bits per heavy atom. The fraction of sp³-hybridized carbons (Fsp3) is 0.667. The monoisotopic (exact) mass is 251 g/mol. The molecule has 1 aromatic rings.